The molecule has 6 heteroatoms. The van der Waals surface area contributed by atoms with E-state index in [1.54, 1.807) is 23.3 Å². The molecule has 21 heavy (non-hydrogen) atoms. The Morgan fingerprint density at radius 3 is 2.86 bits per heavy atom. The van der Waals surface area contributed by atoms with Crippen LogP contribution in [-0.4, -0.2) is 20.0 Å². The van der Waals surface area contributed by atoms with Gasteiger partial charge in [0, 0.05) is 40.1 Å². The van der Waals surface area contributed by atoms with Crippen LogP contribution >= 0.6 is 27.3 Å². The van der Waals surface area contributed by atoms with Gasteiger partial charge in [0.2, 0.25) is 5.91 Å². The van der Waals surface area contributed by atoms with Crippen LogP contribution in [0.2, 0.25) is 0 Å². The predicted molar refractivity (Wildman–Crippen MR) is 90.9 cm³/mol. The van der Waals surface area contributed by atoms with E-state index >= 15 is 0 Å². The highest BCUT2D eigenvalue weighted by Gasteiger charge is 2.32. The summed E-state index contributed by atoms with van der Waals surface area (Å²) in [4.78, 5) is 17.0. The molecule has 1 aliphatic heterocycles. The average Bonchev–Trinajstić information content (AvgIpc) is 2.97. The quantitative estimate of drug-likeness (QED) is 0.908. The molecule has 3 rings (SSSR count). The van der Waals surface area contributed by atoms with Crippen LogP contribution in [0.1, 0.15) is 16.5 Å². The lowest BCUT2D eigenvalue weighted by Crippen LogP contribution is -2.27. The van der Waals surface area contributed by atoms with Crippen LogP contribution in [0.4, 0.5) is 11.4 Å². The van der Waals surface area contributed by atoms with Gasteiger partial charge in [-0.3, -0.25) is 4.79 Å². The van der Waals surface area contributed by atoms with E-state index in [0.717, 1.165) is 28.0 Å². The molecule has 0 saturated heterocycles. The standard InChI is InChI=1S/C15H16BrN3OS/c1-18(7-11-5-9(16)8-21-11)10-3-4-12-13(6-10)19(2)15(20)14(12)17/h3-6,8,14H,7,17H2,1-2H3. The van der Waals surface area contributed by atoms with Crippen molar-refractivity contribution in [3.05, 3.63) is 44.6 Å². The number of fused-ring (bicyclic) bond motifs is 1. The Morgan fingerprint density at radius 2 is 2.19 bits per heavy atom. The van der Waals surface area contributed by atoms with E-state index in [1.165, 1.54) is 4.88 Å². The number of anilines is 2. The summed E-state index contributed by atoms with van der Waals surface area (Å²) < 4.78 is 1.11. The smallest absolute Gasteiger partial charge is 0.248 e. The molecular formula is C15H16BrN3OS. The summed E-state index contributed by atoms with van der Waals surface area (Å²) >= 11 is 5.20. The number of carbonyl (C=O) groups excluding carboxylic acids is 1. The summed E-state index contributed by atoms with van der Waals surface area (Å²) in [6, 6.07) is 7.60. The van der Waals surface area contributed by atoms with Crippen molar-refractivity contribution < 1.29 is 4.79 Å². The molecule has 0 radical (unpaired) electrons. The van der Waals surface area contributed by atoms with E-state index in [9.17, 15) is 4.79 Å². The highest BCUT2D eigenvalue weighted by atomic mass is 79.9. The van der Waals surface area contributed by atoms with Gasteiger partial charge >= 0.3 is 0 Å². The highest BCUT2D eigenvalue weighted by molar-refractivity contribution is 9.10. The molecule has 1 atom stereocenters. The number of likely N-dealkylation sites (N-methyl/N-ethyl adjacent to an activating group) is 1. The van der Waals surface area contributed by atoms with Gasteiger partial charge in [0.1, 0.15) is 6.04 Å². The summed E-state index contributed by atoms with van der Waals surface area (Å²) in [6.45, 7) is 0.832. The van der Waals surface area contributed by atoms with E-state index in [-0.39, 0.29) is 5.91 Å². The number of hydrogen-bond acceptors (Lipinski definition) is 4. The highest BCUT2D eigenvalue weighted by Crippen LogP contribution is 2.36. The first kappa shape index (κ1) is 14.6. The van der Waals surface area contributed by atoms with Gasteiger partial charge in [0.05, 0.1) is 12.2 Å². The van der Waals surface area contributed by atoms with Crippen LogP contribution in [0.15, 0.2) is 34.1 Å². The van der Waals surface area contributed by atoms with Gasteiger partial charge in [-0.05, 0) is 34.1 Å². The Morgan fingerprint density at radius 1 is 1.43 bits per heavy atom. The molecule has 2 heterocycles. The van der Waals surface area contributed by atoms with E-state index in [1.807, 2.05) is 25.2 Å². The van der Waals surface area contributed by atoms with Crippen molar-refractivity contribution in [2.75, 3.05) is 23.9 Å². The lowest BCUT2D eigenvalue weighted by atomic mass is 10.1. The summed E-state index contributed by atoms with van der Waals surface area (Å²) in [6.07, 6.45) is 0. The molecule has 0 fully saturated rings. The number of benzene rings is 1. The molecule has 1 aromatic carbocycles. The zero-order valence-electron chi connectivity index (χ0n) is 11.8. The van der Waals surface area contributed by atoms with Gasteiger partial charge in [-0.25, -0.2) is 0 Å². The second kappa shape index (κ2) is 5.44. The molecule has 1 unspecified atom stereocenters. The van der Waals surface area contributed by atoms with Crippen molar-refractivity contribution in [2.24, 2.45) is 5.73 Å². The van der Waals surface area contributed by atoms with Crippen LogP contribution < -0.4 is 15.5 Å². The lowest BCUT2D eigenvalue weighted by molar-refractivity contribution is -0.118. The number of amides is 1. The van der Waals surface area contributed by atoms with Crippen LogP contribution in [0.5, 0.6) is 0 Å². The van der Waals surface area contributed by atoms with E-state index in [4.69, 9.17) is 5.73 Å². The van der Waals surface area contributed by atoms with Gasteiger partial charge < -0.3 is 15.5 Å². The lowest BCUT2D eigenvalue weighted by Gasteiger charge is -2.20. The molecule has 1 aromatic heterocycles. The number of hydrogen-bond donors (Lipinski definition) is 1. The van der Waals surface area contributed by atoms with Crippen molar-refractivity contribution in [2.45, 2.75) is 12.6 Å². The Kier molecular flexibility index (Phi) is 3.77. The Balaban J connectivity index is 1.86. The molecule has 0 bridgehead atoms. The van der Waals surface area contributed by atoms with E-state index in [2.05, 4.69) is 32.3 Å². The largest absolute Gasteiger partial charge is 0.369 e. The Hall–Kier alpha value is -1.37. The van der Waals surface area contributed by atoms with Crippen LogP contribution in [0.3, 0.4) is 0 Å². The van der Waals surface area contributed by atoms with Gasteiger partial charge in [0.25, 0.3) is 0 Å². The molecule has 1 amide bonds. The second-order valence-electron chi connectivity index (χ2n) is 5.21. The molecule has 4 nitrogen and oxygen atoms in total. The molecule has 0 spiro atoms. The van der Waals surface area contributed by atoms with Crippen molar-refractivity contribution >= 4 is 44.5 Å². The molecule has 1 aliphatic rings. The maximum atomic E-state index is 11.9. The van der Waals surface area contributed by atoms with Crippen LogP contribution in [-0.2, 0) is 11.3 Å². The topological polar surface area (TPSA) is 49.6 Å². The van der Waals surface area contributed by atoms with E-state index in [0.29, 0.717) is 0 Å². The number of carbonyl (C=O) groups is 1. The second-order valence-corrected chi connectivity index (χ2v) is 7.12. The normalized spacial score (nSPS) is 17.2. The zero-order valence-corrected chi connectivity index (χ0v) is 14.2. The fourth-order valence-electron chi connectivity index (χ4n) is 2.55. The summed E-state index contributed by atoms with van der Waals surface area (Å²) in [5, 5.41) is 2.08. The minimum atomic E-state index is -0.530. The minimum absolute atomic E-state index is 0.0491. The van der Waals surface area contributed by atoms with Crippen LogP contribution in [0.25, 0.3) is 0 Å². The third kappa shape index (κ3) is 2.59. The average molecular weight is 366 g/mol. The SMILES string of the molecule is CN(Cc1cc(Br)cs1)c1ccc2c(c1)N(C)C(=O)C2N. The van der Waals surface area contributed by atoms with Gasteiger partial charge in [-0.2, -0.15) is 0 Å². The molecule has 2 N–H and O–H groups in total. The predicted octanol–water partition coefficient (Wildman–Crippen LogP) is 3.12. The Bertz CT molecular complexity index is 700. The summed E-state index contributed by atoms with van der Waals surface area (Å²) in [5.41, 5.74) is 8.81. The maximum Gasteiger partial charge on any atom is 0.248 e. The van der Waals surface area contributed by atoms with Crippen molar-refractivity contribution in [1.29, 1.82) is 0 Å². The van der Waals surface area contributed by atoms with Crippen LogP contribution in [0, 0.1) is 0 Å². The fourth-order valence-corrected chi connectivity index (χ4v) is 4.05. The first-order valence-electron chi connectivity index (χ1n) is 6.58. The first-order chi connectivity index (χ1) is 9.97. The van der Waals surface area contributed by atoms with Crippen molar-refractivity contribution in [3.8, 4) is 0 Å². The third-order valence-electron chi connectivity index (χ3n) is 3.76. The summed E-state index contributed by atoms with van der Waals surface area (Å²) in [7, 11) is 3.82. The molecule has 110 valence electrons. The number of nitrogens with two attached hydrogens (primary N) is 1. The van der Waals surface area contributed by atoms with Gasteiger partial charge in [-0.1, -0.05) is 6.07 Å². The maximum absolute atomic E-state index is 11.9. The number of nitrogens with zero attached hydrogens (tertiary/aromatic N) is 2. The molecule has 2 aromatic rings. The van der Waals surface area contributed by atoms with Crippen molar-refractivity contribution in [3.63, 3.8) is 0 Å². The van der Waals surface area contributed by atoms with E-state index < -0.39 is 6.04 Å². The van der Waals surface area contributed by atoms with Gasteiger partial charge in [-0.15, -0.1) is 11.3 Å². The third-order valence-corrected chi connectivity index (χ3v) is 5.44. The summed E-state index contributed by atoms with van der Waals surface area (Å²) in [5.74, 6) is -0.0491. The molecule has 0 saturated carbocycles. The van der Waals surface area contributed by atoms with Crippen molar-refractivity contribution in [1.82, 2.24) is 0 Å². The zero-order chi connectivity index (χ0) is 15.1. The first-order valence-corrected chi connectivity index (χ1v) is 8.26. The minimum Gasteiger partial charge on any atom is -0.369 e. The molecule has 0 aliphatic carbocycles. The fraction of sp³-hybridized carbons (Fsp3) is 0.267. The number of thiophene rings is 1. The monoisotopic (exact) mass is 365 g/mol. The number of rotatable bonds is 3. The van der Waals surface area contributed by atoms with Gasteiger partial charge in [0.15, 0.2) is 0 Å². The number of halogens is 1. The Labute approximate surface area is 136 Å². The molecular weight excluding hydrogens is 350 g/mol.